The first-order valence-corrected chi connectivity index (χ1v) is 9.89. The maximum atomic E-state index is 12.6. The number of carbonyl (C=O) groups excluding carboxylic acids is 2. The second-order valence-corrected chi connectivity index (χ2v) is 7.50. The van der Waals surface area contributed by atoms with E-state index in [4.69, 9.17) is 9.47 Å². The van der Waals surface area contributed by atoms with Crippen LogP contribution in [-0.4, -0.2) is 25.2 Å². The molecule has 0 N–H and O–H groups in total. The number of carbonyl (C=O) groups is 2. The zero-order valence-electron chi connectivity index (χ0n) is 17.2. The molecule has 0 bridgehead atoms. The van der Waals surface area contributed by atoms with E-state index in [1.54, 1.807) is 0 Å². The Labute approximate surface area is 154 Å². The van der Waals surface area contributed by atoms with Gasteiger partial charge >= 0.3 is 11.9 Å². The number of esters is 2. The summed E-state index contributed by atoms with van der Waals surface area (Å²) in [6.07, 6.45) is 6.15. The summed E-state index contributed by atoms with van der Waals surface area (Å²) >= 11 is 0. The molecule has 0 spiro atoms. The molecule has 0 unspecified atom stereocenters. The van der Waals surface area contributed by atoms with Crippen molar-refractivity contribution < 1.29 is 19.1 Å². The van der Waals surface area contributed by atoms with Gasteiger partial charge in [0.1, 0.15) is 0 Å². The molecule has 0 aliphatic rings. The van der Waals surface area contributed by atoms with Crippen molar-refractivity contribution >= 4 is 11.9 Å². The van der Waals surface area contributed by atoms with Gasteiger partial charge in [0.25, 0.3) is 0 Å². The third kappa shape index (κ3) is 11.0. The molecule has 0 aliphatic heterocycles. The summed E-state index contributed by atoms with van der Waals surface area (Å²) in [5.74, 6) is -0.168. The fourth-order valence-electron chi connectivity index (χ4n) is 2.39. The average Bonchev–Trinajstić information content (AvgIpc) is 2.56. The van der Waals surface area contributed by atoms with E-state index in [1.807, 2.05) is 34.6 Å². The SMILES string of the molecule is CCCCCC/C(C(=O)OCC(C)C)=C(\CCC)C(=O)OCC(C)C. The van der Waals surface area contributed by atoms with Crippen LogP contribution < -0.4 is 0 Å². The highest BCUT2D eigenvalue weighted by molar-refractivity contribution is 6.00. The smallest absolute Gasteiger partial charge is 0.334 e. The summed E-state index contributed by atoms with van der Waals surface area (Å²) in [5.41, 5.74) is 1.03. The molecule has 25 heavy (non-hydrogen) atoms. The summed E-state index contributed by atoms with van der Waals surface area (Å²) in [7, 11) is 0. The van der Waals surface area contributed by atoms with Crippen LogP contribution in [0.3, 0.4) is 0 Å². The molecular weight excluding hydrogens is 316 g/mol. The Kier molecular flexibility index (Phi) is 13.2. The second kappa shape index (κ2) is 13.9. The van der Waals surface area contributed by atoms with Crippen molar-refractivity contribution in [2.45, 2.75) is 86.5 Å². The molecule has 0 saturated carbocycles. The zero-order chi connectivity index (χ0) is 19.2. The van der Waals surface area contributed by atoms with E-state index >= 15 is 0 Å². The molecule has 0 aromatic rings. The minimum absolute atomic E-state index is 0.271. The lowest BCUT2D eigenvalue weighted by atomic mass is 9.98. The van der Waals surface area contributed by atoms with Crippen molar-refractivity contribution in [3.63, 3.8) is 0 Å². The first kappa shape index (κ1) is 23.7. The van der Waals surface area contributed by atoms with Gasteiger partial charge in [-0.25, -0.2) is 9.59 Å². The van der Waals surface area contributed by atoms with Gasteiger partial charge in [0.05, 0.1) is 13.2 Å². The largest absolute Gasteiger partial charge is 0.462 e. The lowest BCUT2D eigenvalue weighted by molar-refractivity contribution is -0.143. The van der Waals surface area contributed by atoms with Crippen LogP contribution in [0.25, 0.3) is 0 Å². The van der Waals surface area contributed by atoms with Crippen LogP contribution >= 0.6 is 0 Å². The van der Waals surface area contributed by atoms with Gasteiger partial charge < -0.3 is 9.47 Å². The van der Waals surface area contributed by atoms with E-state index in [0.717, 1.165) is 32.1 Å². The van der Waals surface area contributed by atoms with E-state index < -0.39 is 0 Å². The third-order valence-electron chi connectivity index (χ3n) is 3.73. The Hall–Kier alpha value is -1.32. The quantitative estimate of drug-likeness (QED) is 0.251. The molecule has 0 fully saturated rings. The van der Waals surface area contributed by atoms with Crippen molar-refractivity contribution in [2.24, 2.45) is 11.8 Å². The fourth-order valence-corrected chi connectivity index (χ4v) is 2.39. The number of unbranched alkanes of at least 4 members (excludes halogenated alkanes) is 3. The summed E-state index contributed by atoms with van der Waals surface area (Å²) in [6.45, 7) is 12.9. The van der Waals surface area contributed by atoms with Gasteiger partial charge in [0.2, 0.25) is 0 Å². The zero-order valence-corrected chi connectivity index (χ0v) is 17.2. The lowest BCUT2D eigenvalue weighted by Crippen LogP contribution is -2.19. The van der Waals surface area contributed by atoms with Crippen molar-refractivity contribution in [2.75, 3.05) is 13.2 Å². The molecule has 0 aromatic heterocycles. The van der Waals surface area contributed by atoms with Gasteiger partial charge in [-0.2, -0.15) is 0 Å². The van der Waals surface area contributed by atoms with Gasteiger partial charge in [0, 0.05) is 11.1 Å². The van der Waals surface area contributed by atoms with E-state index in [9.17, 15) is 9.59 Å². The van der Waals surface area contributed by atoms with Crippen LogP contribution in [0.5, 0.6) is 0 Å². The van der Waals surface area contributed by atoms with Crippen LogP contribution in [0.15, 0.2) is 11.1 Å². The molecule has 0 atom stereocenters. The van der Waals surface area contributed by atoms with E-state index in [-0.39, 0.29) is 23.8 Å². The van der Waals surface area contributed by atoms with Crippen molar-refractivity contribution in [1.82, 2.24) is 0 Å². The van der Waals surface area contributed by atoms with Gasteiger partial charge in [-0.15, -0.1) is 0 Å². The summed E-state index contributed by atoms with van der Waals surface area (Å²) in [5, 5.41) is 0. The van der Waals surface area contributed by atoms with E-state index in [1.165, 1.54) is 0 Å². The Morgan fingerprint density at radius 1 is 0.680 bits per heavy atom. The number of hydrogen-bond acceptors (Lipinski definition) is 4. The van der Waals surface area contributed by atoms with Crippen LogP contribution in [0, 0.1) is 11.8 Å². The fraction of sp³-hybridized carbons (Fsp3) is 0.810. The van der Waals surface area contributed by atoms with E-state index in [2.05, 4.69) is 6.92 Å². The highest BCUT2D eigenvalue weighted by Crippen LogP contribution is 2.22. The van der Waals surface area contributed by atoms with Crippen molar-refractivity contribution in [3.8, 4) is 0 Å². The molecule has 0 heterocycles. The molecule has 0 aliphatic carbocycles. The highest BCUT2D eigenvalue weighted by atomic mass is 16.5. The first-order valence-electron chi connectivity index (χ1n) is 9.89. The molecule has 0 radical (unpaired) electrons. The number of rotatable bonds is 13. The van der Waals surface area contributed by atoms with Gasteiger partial charge in [-0.1, -0.05) is 67.2 Å². The average molecular weight is 355 g/mol. The second-order valence-electron chi connectivity index (χ2n) is 7.50. The van der Waals surface area contributed by atoms with Gasteiger partial charge in [0.15, 0.2) is 0 Å². The van der Waals surface area contributed by atoms with Crippen LogP contribution in [0.4, 0.5) is 0 Å². The van der Waals surface area contributed by atoms with E-state index in [0.29, 0.717) is 37.2 Å². The highest BCUT2D eigenvalue weighted by Gasteiger charge is 2.23. The number of hydrogen-bond donors (Lipinski definition) is 0. The molecule has 4 nitrogen and oxygen atoms in total. The molecule has 146 valence electrons. The van der Waals surface area contributed by atoms with Crippen molar-refractivity contribution in [1.29, 1.82) is 0 Å². The van der Waals surface area contributed by atoms with Crippen LogP contribution in [-0.2, 0) is 19.1 Å². The molecule has 0 amide bonds. The van der Waals surface area contributed by atoms with Gasteiger partial charge in [-0.05, 0) is 31.1 Å². The predicted molar refractivity (Wildman–Crippen MR) is 102 cm³/mol. The Balaban J connectivity index is 5.32. The standard InChI is InChI=1S/C21H38O4/c1-7-9-10-11-13-19(21(23)25-15-17(5)6)18(12-8-2)20(22)24-14-16(3)4/h16-17H,7-15H2,1-6H3/b19-18-. The lowest BCUT2D eigenvalue weighted by Gasteiger charge is -2.16. The number of ether oxygens (including phenoxy) is 2. The topological polar surface area (TPSA) is 52.6 Å². The summed E-state index contributed by atoms with van der Waals surface area (Å²) in [6, 6.07) is 0. The Morgan fingerprint density at radius 2 is 1.16 bits per heavy atom. The molecule has 0 saturated heterocycles. The summed E-state index contributed by atoms with van der Waals surface area (Å²) in [4.78, 5) is 25.1. The van der Waals surface area contributed by atoms with Crippen LogP contribution in [0.1, 0.15) is 86.5 Å². The third-order valence-corrected chi connectivity index (χ3v) is 3.73. The molecule has 0 rings (SSSR count). The normalized spacial score (nSPS) is 12.3. The predicted octanol–water partition coefficient (Wildman–Crippen LogP) is 5.45. The van der Waals surface area contributed by atoms with Gasteiger partial charge in [-0.3, -0.25) is 0 Å². The monoisotopic (exact) mass is 354 g/mol. The Bertz CT molecular complexity index is 422. The van der Waals surface area contributed by atoms with Crippen molar-refractivity contribution in [3.05, 3.63) is 11.1 Å². The molecule has 4 heteroatoms. The summed E-state index contributed by atoms with van der Waals surface area (Å²) < 4.78 is 10.8. The minimum atomic E-state index is -0.359. The maximum Gasteiger partial charge on any atom is 0.334 e. The Morgan fingerprint density at radius 3 is 1.56 bits per heavy atom. The molecular formula is C21H38O4. The minimum Gasteiger partial charge on any atom is -0.462 e. The maximum absolute atomic E-state index is 12.6. The first-order chi connectivity index (χ1) is 11.8. The van der Waals surface area contributed by atoms with Crippen LogP contribution in [0.2, 0.25) is 0 Å². The molecule has 0 aromatic carbocycles.